The molecule has 1 aromatic carbocycles. The van der Waals surface area contributed by atoms with E-state index in [1.54, 1.807) is 7.11 Å². The molecule has 84 valence electrons. The predicted molar refractivity (Wildman–Crippen MR) is 61.1 cm³/mol. The molecule has 15 heavy (non-hydrogen) atoms. The molecular weight excluding hydrogens is 190 g/mol. The molecule has 0 fully saturated rings. The van der Waals surface area contributed by atoms with Crippen LogP contribution in [0.3, 0.4) is 0 Å². The molecule has 0 amide bonds. The van der Waals surface area contributed by atoms with Gasteiger partial charge in [-0.2, -0.15) is 0 Å². The van der Waals surface area contributed by atoms with E-state index in [-0.39, 0.29) is 0 Å². The van der Waals surface area contributed by atoms with Crippen LogP contribution < -0.4 is 10.5 Å². The lowest BCUT2D eigenvalue weighted by molar-refractivity contribution is 0.172. The van der Waals surface area contributed by atoms with Gasteiger partial charge in [0.25, 0.3) is 0 Å². The second-order valence-electron chi connectivity index (χ2n) is 3.50. The van der Waals surface area contributed by atoms with Crippen LogP contribution in [-0.2, 0) is 11.3 Å². The first-order valence-electron chi connectivity index (χ1n) is 5.19. The first kappa shape index (κ1) is 12.0. The standard InChI is InChI=1S/C12H19NO2/c1-10-8-11(9-13)4-5-12(10)15-7-3-6-14-2/h4-5,8H,3,6-7,9,13H2,1-2H3. The molecular formula is C12H19NO2. The molecule has 1 aromatic rings. The Labute approximate surface area is 91.2 Å². The maximum absolute atomic E-state index is 5.62. The largest absolute Gasteiger partial charge is 0.493 e. The number of ether oxygens (including phenoxy) is 2. The van der Waals surface area contributed by atoms with Gasteiger partial charge in [0, 0.05) is 26.7 Å². The molecule has 0 heterocycles. The summed E-state index contributed by atoms with van der Waals surface area (Å²) in [5.74, 6) is 0.934. The molecule has 0 aromatic heterocycles. The lowest BCUT2D eigenvalue weighted by Crippen LogP contribution is -2.03. The van der Waals surface area contributed by atoms with Gasteiger partial charge in [0.15, 0.2) is 0 Å². The van der Waals surface area contributed by atoms with Gasteiger partial charge < -0.3 is 15.2 Å². The molecule has 0 saturated heterocycles. The molecule has 0 atom stereocenters. The molecule has 0 saturated carbocycles. The van der Waals surface area contributed by atoms with Crippen molar-refractivity contribution in [2.75, 3.05) is 20.3 Å². The van der Waals surface area contributed by atoms with E-state index in [0.29, 0.717) is 13.2 Å². The average Bonchev–Trinajstić information content (AvgIpc) is 2.26. The lowest BCUT2D eigenvalue weighted by Gasteiger charge is -2.09. The minimum atomic E-state index is 0.574. The first-order chi connectivity index (χ1) is 7.27. The van der Waals surface area contributed by atoms with Gasteiger partial charge in [0.1, 0.15) is 5.75 Å². The van der Waals surface area contributed by atoms with Crippen molar-refractivity contribution in [3.8, 4) is 5.75 Å². The number of hydrogen-bond donors (Lipinski definition) is 1. The number of rotatable bonds is 6. The number of nitrogens with two attached hydrogens (primary N) is 1. The van der Waals surface area contributed by atoms with E-state index in [2.05, 4.69) is 6.07 Å². The number of benzene rings is 1. The Kier molecular flexibility index (Phi) is 5.15. The van der Waals surface area contributed by atoms with Gasteiger partial charge in [-0.05, 0) is 24.1 Å². The van der Waals surface area contributed by atoms with E-state index in [4.69, 9.17) is 15.2 Å². The van der Waals surface area contributed by atoms with Crippen LogP contribution in [0.25, 0.3) is 0 Å². The molecule has 0 aliphatic rings. The molecule has 3 nitrogen and oxygen atoms in total. The highest BCUT2D eigenvalue weighted by Gasteiger charge is 2.00. The molecule has 3 heteroatoms. The average molecular weight is 209 g/mol. The summed E-state index contributed by atoms with van der Waals surface area (Å²) in [7, 11) is 1.70. The zero-order valence-electron chi connectivity index (χ0n) is 9.45. The maximum atomic E-state index is 5.62. The van der Waals surface area contributed by atoms with E-state index in [1.165, 1.54) is 0 Å². The Morgan fingerprint density at radius 3 is 2.67 bits per heavy atom. The maximum Gasteiger partial charge on any atom is 0.122 e. The van der Waals surface area contributed by atoms with Crippen LogP contribution in [-0.4, -0.2) is 20.3 Å². The topological polar surface area (TPSA) is 44.5 Å². The van der Waals surface area contributed by atoms with Crippen LogP contribution in [0.4, 0.5) is 0 Å². The van der Waals surface area contributed by atoms with Crippen LogP contribution in [0.1, 0.15) is 17.5 Å². The fourth-order valence-electron chi connectivity index (χ4n) is 1.39. The van der Waals surface area contributed by atoms with Crippen LogP contribution in [0.5, 0.6) is 5.75 Å². The Morgan fingerprint density at radius 1 is 1.27 bits per heavy atom. The van der Waals surface area contributed by atoms with Gasteiger partial charge in [0.2, 0.25) is 0 Å². The summed E-state index contributed by atoms with van der Waals surface area (Å²) in [6.45, 7) is 4.03. The van der Waals surface area contributed by atoms with Crippen molar-refractivity contribution in [1.82, 2.24) is 0 Å². The summed E-state index contributed by atoms with van der Waals surface area (Å²) >= 11 is 0. The van der Waals surface area contributed by atoms with Crippen LogP contribution in [0.15, 0.2) is 18.2 Å². The summed E-state index contributed by atoms with van der Waals surface area (Å²) in [6, 6.07) is 6.04. The van der Waals surface area contributed by atoms with Gasteiger partial charge in [-0.3, -0.25) is 0 Å². The van der Waals surface area contributed by atoms with Gasteiger partial charge in [-0.15, -0.1) is 0 Å². The third-order valence-corrected chi connectivity index (χ3v) is 2.23. The van der Waals surface area contributed by atoms with Crippen molar-refractivity contribution >= 4 is 0 Å². The second kappa shape index (κ2) is 6.43. The molecule has 2 N–H and O–H groups in total. The van der Waals surface area contributed by atoms with Crippen molar-refractivity contribution in [2.45, 2.75) is 19.9 Å². The molecule has 0 aliphatic carbocycles. The number of hydrogen-bond acceptors (Lipinski definition) is 3. The van der Waals surface area contributed by atoms with Gasteiger partial charge >= 0.3 is 0 Å². The predicted octanol–water partition coefficient (Wildman–Crippen LogP) is 1.87. The third-order valence-electron chi connectivity index (χ3n) is 2.23. The summed E-state index contributed by atoms with van der Waals surface area (Å²) in [5, 5.41) is 0. The third kappa shape index (κ3) is 3.90. The lowest BCUT2D eigenvalue weighted by atomic mass is 10.1. The molecule has 0 radical (unpaired) electrons. The van der Waals surface area contributed by atoms with Crippen molar-refractivity contribution in [2.24, 2.45) is 5.73 Å². The van der Waals surface area contributed by atoms with E-state index in [1.807, 2.05) is 19.1 Å². The van der Waals surface area contributed by atoms with Crippen molar-refractivity contribution in [3.05, 3.63) is 29.3 Å². The zero-order valence-corrected chi connectivity index (χ0v) is 9.45. The number of aryl methyl sites for hydroxylation is 1. The van der Waals surface area contributed by atoms with E-state index in [0.717, 1.165) is 29.9 Å². The molecule has 0 aliphatic heterocycles. The summed E-state index contributed by atoms with van der Waals surface area (Å²) in [5.41, 5.74) is 7.82. The van der Waals surface area contributed by atoms with Gasteiger partial charge in [-0.1, -0.05) is 12.1 Å². The van der Waals surface area contributed by atoms with Gasteiger partial charge in [-0.25, -0.2) is 0 Å². The quantitative estimate of drug-likeness (QED) is 0.727. The molecule has 0 bridgehead atoms. The first-order valence-corrected chi connectivity index (χ1v) is 5.19. The summed E-state index contributed by atoms with van der Waals surface area (Å²) in [6.07, 6.45) is 0.911. The van der Waals surface area contributed by atoms with Crippen LogP contribution in [0.2, 0.25) is 0 Å². The van der Waals surface area contributed by atoms with Crippen molar-refractivity contribution in [3.63, 3.8) is 0 Å². The highest BCUT2D eigenvalue weighted by Crippen LogP contribution is 2.18. The summed E-state index contributed by atoms with van der Waals surface area (Å²) in [4.78, 5) is 0. The molecule has 0 unspecified atom stereocenters. The minimum Gasteiger partial charge on any atom is -0.493 e. The van der Waals surface area contributed by atoms with Crippen LogP contribution in [0, 0.1) is 6.92 Å². The molecule has 0 spiro atoms. The van der Waals surface area contributed by atoms with E-state index in [9.17, 15) is 0 Å². The smallest absolute Gasteiger partial charge is 0.122 e. The normalized spacial score (nSPS) is 10.3. The Morgan fingerprint density at radius 2 is 2.07 bits per heavy atom. The molecule has 1 rings (SSSR count). The highest BCUT2D eigenvalue weighted by atomic mass is 16.5. The minimum absolute atomic E-state index is 0.574. The van der Waals surface area contributed by atoms with E-state index < -0.39 is 0 Å². The van der Waals surface area contributed by atoms with Crippen molar-refractivity contribution in [1.29, 1.82) is 0 Å². The van der Waals surface area contributed by atoms with Gasteiger partial charge in [0.05, 0.1) is 6.61 Å². The zero-order chi connectivity index (χ0) is 11.1. The Balaban J connectivity index is 2.47. The van der Waals surface area contributed by atoms with Crippen LogP contribution >= 0.6 is 0 Å². The number of methoxy groups -OCH3 is 1. The highest BCUT2D eigenvalue weighted by molar-refractivity contribution is 5.36. The Bertz CT molecular complexity index is 300. The SMILES string of the molecule is COCCCOc1ccc(CN)cc1C. The van der Waals surface area contributed by atoms with Crippen molar-refractivity contribution < 1.29 is 9.47 Å². The fraction of sp³-hybridized carbons (Fsp3) is 0.500. The van der Waals surface area contributed by atoms with E-state index >= 15 is 0 Å². The summed E-state index contributed by atoms with van der Waals surface area (Å²) < 4.78 is 10.6. The fourth-order valence-corrected chi connectivity index (χ4v) is 1.39. The monoisotopic (exact) mass is 209 g/mol. The Hall–Kier alpha value is -1.06. The second-order valence-corrected chi connectivity index (χ2v) is 3.50.